The highest BCUT2D eigenvalue weighted by atomic mass is 16.2. The summed E-state index contributed by atoms with van der Waals surface area (Å²) in [7, 11) is 1.83. The highest BCUT2D eigenvalue weighted by Gasteiger charge is 2.21. The third kappa shape index (κ3) is 3.97. The molecule has 4 heteroatoms. The zero-order valence-corrected chi connectivity index (χ0v) is 13.6. The topological polar surface area (TPSA) is 44.4 Å². The molecular formula is C17H27N3O. The summed E-state index contributed by atoms with van der Waals surface area (Å²) in [5.41, 5.74) is 3.46. The number of benzene rings is 1. The van der Waals surface area contributed by atoms with Crippen molar-refractivity contribution >= 4 is 11.7 Å². The van der Waals surface area contributed by atoms with Crippen molar-refractivity contribution < 1.29 is 4.79 Å². The van der Waals surface area contributed by atoms with E-state index in [1.165, 1.54) is 11.1 Å². The Labute approximate surface area is 127 Å². The van der Waals surface area contributed by atoms with Crippen molar-refractivity contribution in [1.29, 1.82) is 0 Å². The van der Waals surface area contributed by atoms with E-state index in [2.05, 4.69) is 43.5 Å². The standard InChI is InChI=1S/C17H27N3O/c1-5-8-18-16(9-12(2)3)13-6-7-15-14(10-13)11-20(4)17(21)19-15/h6-7,10,12,16,18H,5,8-9,11H2,1-4H3,(H,19,21). The molecule has 1 aliphatic heterocycles. The first-order valence-corrected chi connectivity index (χ1v) is 7.89. The zero-order valence-electron chi connectivity index (χ0n) is 13.6. The van der Waals surface area contributed by atoms with E-state index in [1.807, 2.05) is 13.1 Å². The normalized spacial score (nSPS) is 15.9. The van der Waals surface area contributed by atoms with Gasteiger partial charge in [-0.1, -0.05) is 32.9 Å². The van der Waals surface area contributed by atoms with Crippen LogP contribution in [0.15, 0.2) is 18.2 Å². The molecule has 4 nitrogen and oxygen atoms in total. The van der Waals surface area contributed by atoms with Crippen LogP contribution in [-0.4, -0.2) is 24.5 Å². The second kappa shape index (κ2) is 6.94. The SMILES string of the molecule is CCCNC(CC(C)C)c1ccc2c(c1)CN(C)C(=O)N2. The molecule has 116 valence electrons. The third-order valence-corrected chi connectivity index (χ3v) is 3.88. The lowest BCUT2D eigenvalue weighted by atomic mass is 9.94. The monoisotopic (exact) mass is 289 g/mol. The molecule has 0 fully saturated rings. The molecule has 2 rings (SSSR count). The van der Waals surface area contributed by atoms with Gasteiger partial charge in [-0.15, -0.1) is 0 Å². The molecule has 1 atom stereocenters. The van der Waals surface area contributed by atoms with Crippen molar-refractivity contribution in [3.05, 3.63) is 29.3 Å². The summed E-state index contributed by atoms with van der Waals surface area (Å²) < 4.78 is 0. The molecule has 1 aliphatic rings. The van der Waals surface area contributed by atoms with Crippen LogP contribution in [0.25, 0.3) is 0 Å². The second-order valence-electron chi connectivity index (χ2n) is 6.34. The molecule has 0 aliphatic carbocycles. The molecule has 2 N–H and O–H groups in total. The van der Waals surface area contributed by atoms with Crippen LogP contribution in [0.1, 0.15) is 50.8 Å². The minimum atomic E-state index is -0.0295. The Kier molecular flexibility index (Phi) is 5.23. The predicted octanol–water partition coefficient (Wildman–Crippen LogP) is 3.75. The van der Waals surface area contributed by atoms with Gasteiger partial charge in [0, 0.05) is 25.3 Å². The molecular weight excluding hydrogens is 262 g/mol. The van der Waals surface area contributed by atoms with Crippen LogP contribution in [0.2, 0.25) is 0 Å². The van der Waals surface area contributed by atoms with E-state index < -0.39 is 0 Å². The lowest BCUT2D eigenvalue weighted by molar-refractivity contribution is 0.218. The van der Waals surface area contributed by atoms with Crippen molar-refractivity contribution in [1.82, 2.24) is 10.2 Å². The zero-order chi connectivity index (χ0) is 15.4. The molecule has 0 saturated heterocycles. The lowest BCUT2D eigenvalue weighted by Crippen LogP contribution is -2.35. The lowest BCUT2D eigenvalue weighted by Gasteiger charge is -2.28. The number of anilines is 1. The highest BCUT2D eigenvalue weighted by molar-refractivity contribution is 5.92. The first kappa shape index (κ1) is 15.8. The minimum absolute atomic E-state index is 0.0295. The largest absolute Gasteiger partial charge is 0.323 e. The molecule has 21 heavy (non-hydrogen) atoms. The van der Waals surface area contributed by atoms with Gasteiger partial charge in [-0.3, -0.25) is 0 Å². The van der Waals surface area contributed by atoms with E-state index >= 15 is 0 Å². The molecule has 0 bridgehead atoms. The van der Waals surface area contributed by atoms with E-state index in [9.17, 15) is 4.79 Å². The van der Waals surface area contributed by atoms with Gasteiger partial charge >= 0.3 is 6.03 Å². The number of hydrogen-bond acceptors (Lipinski definition) is 2. The Bertz CT molecular complexity index is 499. The molecule has 2 amide bonds. The van der Waals surface area contributed by atoms with Crippen molar-refractivity contribution in [2.24, 2.45) is 5.92 Å². The molecule has 1 aromatic rings. The van der Waals surface area contributed by atoms with Crippen LogP contribution in [-0.2, 0) is 6.54 Å². The molecule has 0 saturated carbocycles. The van der Waals surface area contributed by atoms with E-state index in [-0.39, 0.29) is 6.03 Å². The molecule has 0 aromatic heterocycles. The summed E-state index contributed by atoms with van der Waals surface area (Å²) in [6.45, 7) is 8.42. The second-order valence-corrected chi connectivity index (χ2v) is 6.34. The van der Waals surface area contributed by atoms with E-state index in [0.29, 0.717) is 18.5 Å². The van der Waals surface area contributed by atoms with Gasteiger partial charge in [-0.05, 0) is 42.5 Å². The molecule has 0 radical (unpaired) electrons. The number of nitrogens with zero attached hydrogens (tertiary/aromatic N) is 1. The fraction of sp³-hybridized carbons (Fsp3) is 0.588. The van der Waals surface area contributed by atoms with Gasteiger partial charge in [0.15, 0.2) is 0 Å². The van der Waals surface area contributed by atoms with Gasteiger partial charge in [0.2, 0.25) is 0 Å². The molecule has 1 heterocycles. The molecule has 0 spiro atoms. The molecule has 1 aromatic carbocycles. The van der Waals surface area contributed by atoms with E-state index in [1.54, 1.807) is 4.90 Å². The van der Waals surface area contributed by atoms with Gasteiger partial charge in [-0.25, -0.2) is 4.79 Å². The minimum Gasteiger partial charge on any atom is -0.323 e. The maximum atomic E-state index is 11.7. The van der Waals surface area contributed by atoms with Crippen LogP contribution >= 0.6 is 0 Å². The Morgan fingerprint density at radius 3 is 2.81 bits per heavy atom. The average molecular weight is 289 g/mol. The number of rotatable bonds is 6. The first-order chi connectivity index (χ1) is 10.0. The maximum Gasteiger partial charge on any atom is 0.321 e. The van der Waals surface area contributed by atoms with E-state index in [0.717, 1.165) is 25.1 Å². The Morgan fingerprint density at radius 2 is 2.14 bits per heavy atom. The smallest absolute Gasteiger partial charge is 0.321 e. The summed E-state index contributed by atoms with van der Waals surface area (Å²) >= 11 is 0. The van der Waals surface area contributed by atoms with Gasteiger partial charge in [0.1, 0.15) is 0 Å². The summed E-state index contributed by atoms with van der Waals surface area (Å²) in [5, 5.41) is 6.57. The summed E-state index contributed by atoms with van der Waals surface area (Å²) in [6.07, 6.45) is 2.26. The first-order valence-electron chi connectivity index (χ1n) is 7.89. The van der Waals surface area contributed by atoms with Gasteiger partial charge in [0.05, 0.1) is 0 Å². The van der Waals surface area contributed by atoms with Gasteiger partial charge in [-0.2, -0.15) is 0 Å². The fourth-order valence-electron chi connectivity index (χ4n) is 2.75. The molecule has 1 unspecified atom stereocenters. The Balaban J connectivity index is 2.21. The number of hydrogen-bond donors (Lipinski definition) is 2. The Morgan fingerprint density at radius 1 is 1.38 bits per heavy atom. The summed E-state index contributed by atoms with van der Waals surface area (Å²) in [5.74, 6) is 0.651. The average Bonchev–Trinajstić information content (AvgIpc) is 2.44. The highest BCUT2D eigenvalue weighted by Crippen LogP contribution is 2.28. The number of fused-ring (bicyclic) bond motifs is 1. The number of urea groups is 1. The van der Waals surface area contributed by atoms with Crippen LogP contribution in [0.3, 0.4) is 0 Å². The maximum absolute atomic E-state index is 11.7. The van der Waals surface area contributed by atoms with E-state index in [4.69, 9.17) is 0 Å². The predicted molar refractivity (Wildman–Crippen MR) is 87.4 cm³/mol. The fourth-order valence-corrected chi connectivity index (χ4v) is 2.75. The summed E-state index contributed by atoms with van der Waals surface area (Å²) in [4.78, 5) is 13.4. The van der Waals surface area contributed by atoms with Crippen LogP contribution in [0, 0.1) is 5.92 Å². The third-order valence-electron chi connectivity index (χ3n) is 3.88. The van der Waals surface area contributed by atoms with Gasteiger partial charge in [0.25, 0.3) is 0 Å². The van der Waals surface area contributed by atoms with Crippen LogP contribution in [0.4, 0.5) is 10.5 Å². The van der Waals surface area contributed by atoms with Crippen molar-refractivity contribution in [2.45, 2.75) is 46.2 Å². The quantitative estimate of drug-likeness (QED) is 0.837. The van der Waals surface area contributed by atoms with Gasteiger partial charge < -0.3 is 15.5 Å². The van der Waals surface area contributed by atoms with Crippen molar-refractivity contribution in [2.75, 3.05) is 18.9 Å². The Hall–Kier alpha value is -1.55. The van der Waals surface area contributed by atoms with Crippen LogP contribution < -0.4 is 10.6 Å². The summed E-state index contributed by atoms with van der Waals surface area (Å²) in [6, 6.07) is 6.77. The number of amides is 2. The number of carbonyl (C=O) groups is 1. The van der Waals surface area contributed by atoms with Crippen molar-refractivity contribution in [3.63, 3.8) is 0 Å². The van der Waals surface area contributed by atoms with Crippen molar-refractivity contribution in [3.8, 4) is 0 Å². The number of carbonyl (C=O) groups excluding carboxylic acids is 1. The van der Waals surface area contributed by atoms with Crippen LogP contribution in [0.5, 0.6) is 0 Å². The number of nitrogens with one attached hydrogen (secondary N) is 2.